The number of aryl methyl sites for hydroxylation is 2. The van der Waals surface area contributed by atoms with Crippen molar-refractivity contribution < 1.29 is 9.59 Å². The van der Waals surface area contributed by atoms with E-state index in [1.54, 1.807) is 24.4 Å². The Morgan fingerprint density at radius 2 is 1.95 bits per heavy atom. The van der Waals surface area contributed by atoms with Crippen LogP contribution in [0.1, 0.15) is 21.5 Å². The van der Waals surface area contributed by atoms with Crippen molar-refractivity contribution in [2.75, 3.05) is 11.9 Å². The summed E-state index contributed by atoms with van der Waals surface area (Å²) in [5.41, 5.74) is 2.41. The molecule has 5 heteroatoms. The Kier molecular flexibility index (Phi) is 4.66. The molecule has 0 saturated carbocycles. The van der Waals surface area contributed by atoms with Gasteiger partial charge in [-0.3, -0.25) is 9.59 Å². The van der Waals surface area contributed by atoms with Crippen molar-refractivity contribution >= 4 is 17.6 Å². The van der Waals surface area contributed by atoms with Gasteiger partial charge in [-0.1, -0.05) is 23.8 Å². The molecule has 0 spiro atoms. The highest BCUT2D eigenvalue weighted by Crippen LogP contribution is 2.08. The maximum Gasteiger partial charge on any atom is 0.251 e. The lowest BCUT2D eigenvalue weighted by atomic mass is 10.1. The molecule has 1 aromatic carbocycles. The number of anilines is 1. The van der Waals surface area contributed by atoms with E-state index in [0.29, 0.717) is 11.4 Å². The van der Waals surface area contributed by atoms with Gasteiger partial charge in [0.05, 0.1) is 6.54 Å². The minimum Gasteiger partial charge on any atom is -0.343 e. The molecule has 2 rings (SSSR count). The Labute approximate surface area is 123 Å². The Morgan fingerprint density at radius 1 is 1.14 bits per heavy atom. The number of hydrogen-bond donors (Lipinski definition) is 2. The molecule has 0 aliphatic rings. The van der Waals surface area contributed by atoms with Crippen molar-refractivity contribution in [1.82, 2.24) is 10.3 Å². The number of pyridine rings is 1. The number of benzene rings is 1. The minimum atomic E-state index is -0.308. The van der Waals surface area contributed by atoms with Gasteiger partial charge in [0.15, 0.2) is 0 Å². The minimum absolute atomic E-state index is 0.0945. The van der Waals surface area contributed by atoms with E-state index in [9.17, 15) is 9.59 Å². The van der Waals surface area contributed by atoms with Gasteiger partial charge in [0.2, 0.25) is 5.91 Å². The van der Waals surface area contributed by atoms with Gasteiger partial charge in [0.1, 0.15) is 5.82 Å². The molecule has 5 nitrogen and oxygen atoms in total. The number of aromatic nitrogens is 1. The number of hydrogen-bond acceptors (Lipinski definition) is 3. The molecule has 0 fully saturated rings. The molecule has 2 aromatic rings. The molecule has 0 atom stereocenters. The molecule has 0 radical (unpaired) electrons. The largest absolute Gasteiger partial charge is 0.343 e. The maximum absolute atomic E-state index is 11.9. The molecule has 0 saturated heterocycles. The van der Waals surface area contributed by atoms with Gasteiger partial charge in [-0.15, -0.1) is 0 Å². The predicted molar refractivity (Wildman–Crippen MR) is 81.1 cm³/mol. The van der Waals surface area contributed by atoms with Crippen LogP contribution in [0.3, 0.4) is 0 Å². The third-order valence-electron chi connectivity index (χ3n) is 2.96. The lowest BCUT2D eigenvalue weighted by Gasteiger charge is -2.08. The quantitative estimate of drug-likeness (QED) is 0.902. The van der Waals surface area contributed by atoms with Crippen LogP contribution in [0.15, 0.2) is 42.6 Å². The van der Waals surface area contributed by atoms with Crippen LogP contribution in [-0.2, 0) is 4.79 Å². The Balaban J connectivity index is 1.90. The SMILES string of the molecule is Cc1cccc(C(=O)NCC(=O)Nc2ncccc2C)c1. The molecule has 1 aromatic heterocycles. The van der Waals surface area contributed by atoms with Crippen LogP contribution < -0.4 is 10.6 Å². The smallest absolute Gasteiger partial charge is 0.251 e. The molecule has 1 heterocycles. The van der Waals surface area contributed by atoms with Crippen molar-refractivity contribution in [2.24, 2.45) is 0 Å². The summed E-state index contributed by atoms with van der Waals surface area (Å²) in [5, 5.41) is 5.25. The molecule has 0 aliphatic heterocycles. The van der Waals surface area contributed by atoms with Gasteiger partial charge in [-0.2, -0.15) is 0 Å². The van der Waals surface area contributed by atoms with Gasteiger partial charge < -0.3 is 10.6 Å². The second-order valence-corrected chi connectivity index (χ2v) is 4.77. The first-order valence-electron chi connectivity index (χ1n) is 6.62. The summed E-state index contributed by atoms with van der Waals surface area (Å²) < 4.78 is 0. The van der Waals surface area contributed by atoms with E-state index in [4.69, 9.17) is 0 Å². The van der Waals surface area contributed by atoms with E-state index in [1.165, 1.54) is 0 Å². The topological polar surface area (TPSA) is 71.1 Å². The fourth-order valence-electron chi connectivity index (χ4n) is 1.84. The number of nitrogens with zero attached hydrogens (tertiary/aromatic N) is 1. The Hall–Kier alpha value is -2.69. The number of amides is 2. The van der Waals surface area contributed by atoms with Crippen molar-refractivity contribution in [3.8, 4) is 0 Å². The highest BCUT2D eigenvalue weighted by atomic mass is 16.2. The predicted octanol–water partition coefficient (Wildman–Crippen LogP) is 2.07. The number of nitrogens with one attached hydrogen (secondary N) is 2. The van der Waals surface area contributed by atoms with Gasteiger partial charge in [0.25, 0.3) is 5.91 Å². The zero-order valence-electron chi connectivity index (χ0n) is 12.0. The Bertz CT molecular complexity index is 668. The molecular weight excluding hydrogens is 266 g/mol. The van der Waals surface area contributed by atoms with E-state index in [0.717, 1.165) is 11.1 Å². The van der Waals surface area contributed by atoms with Crippen molar-refractivity contribution in [3.05, 3.63) is 59.3 Å². The number of carbonyl (C=O) groups excluding carboxylic acids is 2. The number of carbonyl (C=O) groups is 2. The summed E-state index contributed by atoms with van der Waals surface area (Å²) in [6, 6.07) is 10.9. The summed E-state index contributed by atoms with van der Waals surface area (Å²) in [6.07, 6.45) is 1.61. The van der Waals surface area contributed by atoms with Gasteiger partial charge in [0, 0.05) is 11.8 Å². The molecule has 0 aliphatic carbocycles. The fraction of sp³-hybridized carbons (Fsp3) is 0.188. The molecule has 21 heavy (non-hydrogen) atoms. The van der Waals surface area contributed by atoms with E-state index >= 15 is 0 Å². The molecule has 108 valence electrons. The summed E-state index contributed by atoms with van der Waals surface area (Å²) in [5.74, 6) is -0.0725. The van der Waals surface area contributed by atoms with E-state index < -0.39 is 0 Å². The van der Waals surface area contributed by atoms with Crippen molar-refractivity contribution in [3.63, 3.8) is 0 Å². The average molecular weight is 283 g/mol. The van der Waals surface area contributed by atoms with Crippen molar-refractivity contribution in [1.29, 1.82) is 0 Å². The second-order valence-electron chi connectivity index (χ2n) is 4.77. The van der Waals surface area contributed by atoms with Gasteiger partial charge in [-0.25, -0.2) is 4.98 Å². The van der Waals surface area contributed by atoms with Crippen LogP contribution in [0, 0.1) is 13.8 Å². The highest BCUT2D eigenvalue weighted by Gasteiger charge is 2.09. The first kappa shape index (κ1) is 14.7. The average Bonchev–Trinajstić information content (AvgIpc) is 2.47. The summed E-state index contributed by atoms with van der Waals surface area (Å²) in [4.78, 5) is 27.8. The van der Waals surface area contributed by atoms with Crippen LogP contribution in [0.4, 0.5) is 5.82 Å². The van der Waals surface area contributed by atoms with Gasteiger partial charge in [-0.05, 0) is 37.6 Å². The maximum atomic E-state index is 11.9. The zero-order chi connectivity index (χ0) is 15.2. The standard InChI is InChI=1S/C16H17N3O2/c1-11-5-3-7-13(9-11)16(21)18-10-14(20)19-15-12(2)6-4-8-17-15/h3-9H,10H2,1-2H3,(H,18,21)(H,17,19,20). The molecule has 0 unspecified atom stereocenters. The third-order valence-corrected chi connectivity index (χ3v) is 2.96. The zero-order valence-corrected chi connectivity index (χ0v) is 12.0. The summed E-state index contributed by atoms with van der Waals surface area (Å²) in [6.45, 7) is 3.67. The molecule has 2 amide bonds. The Morgan fingerprint density at radius 3 is 2.67 bits per heavy atom. The van der Waals surface area contributed by atoms with Crippen molar-refractivity contribution in [2.45, 2.75) is 13.8 Å². The summed E-state index contributed by atoms with van der Waals surface area (Å²) >= 11 is 0. The van der Waals surface area contributed by atoms with Crippen LogP contribution in [0.25, 0.3) is 0 Å². The summed E-state index contributed by atoms with van der Waals surface area (Å²) in [7, 11) is 0. The number of rotatable bonds is 4. The molecule has 2 N–H and O–H groups in total. The third kappa shape index (κ3) is 4.14. The molecule has 0 bridgehead atoms. The van der Waals surface area contributed by atoms with E-state index in [1.807, 2.05) is 32.0 Å². The van der Waals surface area contributed by atoms with Crippen LogP contribution in [0.2, 0.25) is 0 Å². The normalized spacial score (nSPS) is 10.0. The van der Waals surface area contributed by atoms with Crippen LogP contribution in [-0.4, -0.2) is 23.3 Å². The monoisotopic (exact) mass is 283 g/mol. The van der Waals surface area contributed by atoms with Crippen LogP contribution >= 0.6 is 0 Å². The second kappa shape index (κ2) is 6.65. The van der Waals surface area contributed by atoms with Crippen LogP contribution in [0.5, 0.6) is 0 Å². The first-order valence-corrected chi connectivity index (χ1v) is 6.62. The van der Waals surface area contributed by atoms with E-state index in [2.05, 4.69) is 15.6 Å². The highest BCUT2D eigenvalue weighted by molar-refractivity contribution is 5.99. The molecular formula is C16H17N3O2. The van der Waals surface area contributed by atoms with Gasteiger partial charge >= 0.3 is 0 Å². The van der Waals surface area contributed by atoms with E-state index in [-0.39, 0.29) is 18.4 Å². The first-order chi connectivity index (χ1) is 10.1. The lowest BCUT2D eigenvalue weighted by Crippen LogP contribution is -2.33. The lowest BCUT2D eigenvalue weighted by molar-refractivity contribution is -0.115. The fourth-order valence-corrected chi connectivity index (χ4v) is 1.84.